The van der Waals surface area contributed by atoms with Crippen molar-refractivity contribution in [2.24, 2.45) is 0 Å². The van der Waals surface area contributed by atoms with Crippen LogP contribution in [-0.4, -0.2) is 13.9 Å². The van der Waals surface area contributed by atoms with Crippen LogP contribution in [-0.2, 0) is 0 Å². The summed E-state index contributed by atoms with van der Waals surface area (Å²) in [6, 6.07) is 30.8. The summed E-state index contributed by atoms with van der Waals surface area (Å²) >= 11 is -1.17. The van der Waals surface area contributed by atoms with E-state index >= 15 is 0 Å². The molecular weight excluding hydrogens is 307 g/mol. The van der Waals surface area contributed by atoms with Crippen LogP contribution in [0, 0.1) is 6.92 Å². The van der Waals surface area contributed by atoms with E-state index in [1.165, 1.54) is 18.9 Å². The van der Waals surface area contributed by atoms with Gasteiger partial charge >= 0.3 is 125 Å². The van der Waals surface area contributed by atoms with Gasteiger partial charge in [0.15, 0.2) is 0 Å². The van der Waals surface area contributed by atoms with E-state index in [1.54, 1.807) is 0 Å². The summed E-state index contributed by atoms with van der Waals surface area (Å²) in [5.74, 6) is 0. The molecule has 0 atom stereocenters. The third kappa shape index (κ3) is 2.85. The van der Waals surface area contributed by atoms with Crippen molar-refractivity contribution in [3.63, 3.8) is 0 Å². The zero-order chi connectivity index (χ0) is 13.8. The fourth-order valence-corrected chi connectivity index (χ4v) is 6.57. The van der Waals surface area contributed by atoms with Crippen molar-refractivity contribution < 1.29 is 0 Å². The summed E-state index contributed by atoms with van der Waals surface area (Å²) in [4.78, 5) is 0. The van der Waals surface area contributed by atoms with E-state index in [4.69, 9.17) is 0 Å². The van der Waals surface area contributed by atoms with Crippen LogP contribution in [0.2, 0.25) is 0 Å². The molecule has 3 aromatic carbocycles. The first-order valence-corrected chi connectivity index (χ1v) is 9.32. The number of hydrogen-bond acceptors (Lipinski definition) is 0. The Kier molecular flexibility index (Phi) is 4.01. The molecule has 3 rings (SSSR count). The minimum atomic E-state index is -1.17. The Morgan fingerprint density at radius 1 is 0.500 bits per heavy atom. The van der Waals surface area contributed by atoms with Gasteiger partial charge < -0.3 is 0 Å². The first-order chi connectivity index (χ1) is 9.84. The van der Waals surface area contributed by atoms with Crippen molar-refractivity contribution in [3.8, 4) is 0 Å². The molecule has 98 valence electrons. The van der Waals surface area contributed by atoms with Gasteiger partial charge in [-0.3, -0.25) is 0 Å². The zero-order valence-electron chi connectivity index (χ0n) is 11.5. The van der Waals surface area contributed by atoms with Gasteiger partial charge in [-0.2, -0.15) is 0 Å². The van der Waals surface area contributed by atoms with Crippen molar-refractivity contribution in [1.82, 2.24) is 0 Å². The second kappa shape index (κ2) is 6.09. The van der Waals surface area contributed by atoms with Crippen molar-refractivity contribution in [2.75, 3.05) is 0 Å². The molecule has 20 heavy (non-hydrogen) atoms. The molecule has 0 N–H and O–H groups in total. The van der Waals surface area contributed by atoms with Gasteiger partial charge in [0.2, 0.25) is 0 Å². The average Bonchev–Trinajstić information content (AvgIpc) is 2.52. The number of hydrogen-bond donors (Lipinski definition) is 0. The molecule has 0 spiro atoms. The van der Waals surface area contributed by atoms with Gasteiger partial charge in [0.05, 0.1) is 0 Å². The van der Waals surface area contributed by atoms with Gasteiger partial charge in [-0.25, -0.2) is 0 Å². The predicted molar refractivity (Wildman–Crippen MR) is 88.7 cm³/mol. The van der Waals surface area contributed by atoms with E-state index in [-0.39, 0.29) is 0 Å². The van der Waals surface area contributed by atoms with Gasteiger partial charge in [-0.1, -0.05) is 0 Å². The summed E-state index contributed by atoms with van der Waals surface area (Å²) in [6.45, 7) is 2.14. The van der Waals surface area contributed by atoms with E-state index in [9.17, 15) is 0 Å². The van der Waals surface area contributed by atoms with Crippen LogP contribution >= 0.6 is 0 Å². The molecule has 0 bridgehead atoms. The van der Waals surface area contributed by atoms with Gasteiger partial charge in [-0.15, -0.1) is 0 Å². The van der Waals surface area contributed by atoms with E-state index in [0.29, 0.717) is 0 Å². The average molecular weight is 324 g/mol. The van der Waals surface area contributed by atoms with Gasteiger partial charge in [-0.05, 0) is 0 Å². The molecule has 1 heteroatoms. The number of aryl methyl sites for hydroxylation is 1. The van der Waals surface area contributed by atoms with Crippen LogP contribution in [0.4, 0.5) is 0 Å². The Bertz CT molecular complexity index is 618. The summed E-state index contributed by atoms with van der Waals surface area (Å²) in [6.07, 6.45) is 0. The first kappa shape index (κ1) is 13.2. The van der Waals surface area contributed by atoms with Crippen molar-refractivity contribution in [2.45, 2.75) is 6.92 Å². The molecule has 0 aromatic heterocycles. The van der Waals surface area contributed by atoms with Crippen molar-refractivity contribution in [1.29, 1.82) is 0 Å². The summed E-state index contributed by atoms with van der Waals surface area (Å²) in [5.41, 5.74) is 1.32. The van der Waals surface area contributed by atoms with Crippen LogP contribution < -0.4 is 13.4 Å². The Morgan fingerprint density at radius 3 is 1.35 bits per heavy atom. The molecule has 0 saturated carbocycles. The number of benzene rings is 3. The monoisotopic (exact) mass is 325 g/mol. The molecule has 0 fully saturated rings. The molecule has 0 aliphatic carbocycles. The third-order valence-electron chi connectivity index (χ3n) is 3.21. The van der Waals surface area contributed by atoms with E-state index in [1.807, 2.05) is 0 Å². The van der Waals surface area contributed by atoms with Crippen molar-refractivity contribution >= 4 is 27.3 Å². The normalized spacial score (nSPS) is 10.7. The fraction of sp³-hybridized carbons (Fsp3) is 0.0526. The minimum absolute atomic E-state index is 1.17. The molecule has 0 unspecified atom stereocenters. The molecular formula is C19H17Se+. The summed E-state index contributed by atoms with van der Waals surface area (Å²) in [5, 5.41) is 0. The summed E-state index contributed by atoms with van der Waals surface area (Å²) < 4.78 is 4.39. The zero-order valence-corrected chi connectivity index (χ0v) is 13.2. The second-order valence-electron chi connectivity index (χ2n) is 4.75. The third-order valence-corrected chi connectivity index (χ3v) is 7.89. The maximum absolute atomic E-state index is 2.29. The van der Waals surface area contributed by atoms with Crippen LogP contribution in [0.15, 0.2) is 84.9 Å². The first-order valence-electron chi connectivity index (χ1n) is 6.76. The van der Waals surface area contributed by atoms with Crippen molar-refractivity contribution in [3.05, 3.63) is 90.5 Å². The fourth-order valence-electron chi connectivity index (χ4n) is 2.20. The Hall–Kier alpha value is -1.82. The molecule has 3 aromatic rings. The predicted octanol–water partition coefficient (Wildman–Crippen LogP) is 2.51. The maximum atomic E-state index is 2.29. The molecule has 0 aliphatic rings. The second-order valence-corrected chi connectivity index (χ2v) is 9.00. The van der Waals surface area contributed by atoms with Crippen LogP contribution in [0.25, 0.3) is 0 Å². The van der Waals surface area contributed by atoms with E-state index in [2.05, 4.69) is 91.9 Å². The van der Waals surface area contributed by atoms with Gasteiger partial charge in [0, 0.05) is 0 Å². The molecule has 0 nitrogen and oxygen atoms in total. The standard InChI is InChI=1S/C19H17Se/c1-16-12-14-19(15-13-16)20(17-8-4-2-5-9-17)18-10-6-3-7-11-18/h2-15H,1H3/q+1. The van der Waals surface area contributed by atoms with Crippen LogP contribution in [0.1, 0.15) is 5.56 Å². The Balaban J connectivity index is 2.11. The van der Waals surface area contributed by atoms with Gasteiger partial charge in [0.25, 0.3) is 0 Å². The Morgan fingerprint density at radius 2 is 0.900 bits per heavy atom. The topological polar surface area (TPSA) is 0 Å². The molecule has 0 amide bonds. The molecule has 0 heterocycles. The molecule has 0 saturated heterocycles. The van der Waals surface area contributed by atoms with Crippen LogP contribution in [0.3, 0.4) is 0 Å². The quantitative estimate of drug-likeness (QED) is 0.650. The number of rotatable bonds is 3. The molecule has 0 radical (unpaired) electrons. The SMILES string of the molecule is Cc1ccc([Se+](c2ccccc2)c2ccccc2)cc1. The molecule has 0 aliphatic heterocycles. The van der Waals surface area contributed by atoms with Gasteiger partial charge in [0.1, 0.15) is 0 Å². The van der Waals surface area contributed by atoms with E-state index in [0.717, 1.165) is 0 Å². The summed E-state index contributed by atoms with van der Waals surface area (Å²) in [7, 11) is 0. The Labute approximate surface area is 125 Å². The van der Waals surface area contributed by atoms with E-state index < -0.39 is 13.9 Å². The van der Waals surface area contributed by atoms with Crippen LogP contribution in [0.5, 0.6) is 0 Å².